The van der Waals surface area contributed by atoms with Gasteiger partial charge in [0.2, 0.25) is 0 Å². The van der Waals surface area contributed by atoms with Crippen molar-refractivity contribution in [1.29, 1.82) is 0 Å². The van der Waals surface area contributed by atoms with Crippen LogP contribution in [0.5, 0.6) is 0 Å². The van der Waals surface area contributed by atoms with Gasteiger partial charge in [-0.2, -0.15) is 26.3 Å². The molecule has 6 heteroatoms. The van der Waals surface area contributed by atoms with E-state index in [1.54, 1.807) is 0 Å². The summed E-state index contributed by atoms with van der Waals surface area (Å²) >= 11 is 0. The third-order valence-electron chi connectivity index (χ3n) is 4.19. The van der Waals surface area contributed by atoms with Crippen LogP contribution in [0.15, 0.2) is 0 Å². The Morgan fingerprint density at radius 3 is 1.69 bits per heavy atom. The molecule has 16 heavy (non-hydrogen) atoms. The van der Waals surface area contributed by atoms with Crippen LogP contribution in [0.25, 0.3) is 0 Å². The first kappa shape index (κ1) is 12.0. The Labute approximate surface area is 89.0 Å². The number of alkyl halides is 6. The zero-order chi connectivity index (χ0) is 12.2. The topological polar surface area (TPSA) is 0 Å². The van der Waals surface area contributed by atoms with Crippen LogP contribution in [0.3, 0.4) is 0 Å². The lowest BCUT2D eigenvalue weighted by Crippen LogP contribution is -2.56. The zero-order valence-electron chi connectivity index (χ0n) is 8.46. The van der Waals surface area contributed by atoms with Crippen LogP contribution in [0.2, 0.25) is 0 Å². The van der Waals surface area contributed by atoms with Gasteiger partial charge in [-0.1, -0.05) is 0 Å². The predicted octanol–water partition coefficient (Wildman–Crippen LogP) is 4.31. The molecule has 0 nitrogen and oxygen atoms in total. The van der Waals surface area contributed by atoms with Gasteiger partial charge in [0.25, 0.3) is 0 Å². The normalized spacial score (nSPS) is 40.1. The van der Waals surface area contributed by atoms with E-state index in [2.05, 4.69) is 0 Å². The Kier molecular flexibility index (Phi) is 2.48. The average Bonchev–Trinajstić information content (AvgIpc) is 2.16. The van der Waals surface area contributed by atoms with Gasteiger partial charge in [-0.05, 0) is 38.0 Å². The fraction of sp³-hybridized carbons (Fsp3) is 1.00. The molecule has 0 N–H and O–H groups in total. The molecule has 1 unspecified atom stereocenters. The molecule has 3 fully saturated rings. The fourth-order valence-electron chi connectivity index (χ4n) is 3.26. The van der Waals surface area contributed by atoms with E-state index in [1.807, 2.05) is 0 Å². The minimum Gasteiger partial charge on any atom is -0.171 e. The van der Waals surface area contributed by atoms with Gasteiger partial charge in [0.15, 0.2) is 0 Å². The smallest absolute Gasteiger partial charge is 0.171 e. The molecule has 0 radical (unpaired) electrons. The van der Waals surface area contributed by atoms with Crippen molar-refractivity contribution in [2.45, 2.75) is 44.5 Å². The van der Waals surface area contributed by atoms with E-state index in [1.165, 1.54) is 0 Å². The third-order valence-corrected chi connectivity index (χ3v) is 4.19. The first-order valence-electron chi connectivity index (χ1n) is 5.30. The monoisotopic (exact) mass is 246 g/mol. The molecule has 0 aromatic rings. The summed E-state index contributed by atoms with van der Waals surface area (Å²) in [6, 6.07) is 0. The van der Waals surface area contributed by atoms with Gasteiger partial charge >= 0.3 is 12.4 Å². The van der Waals surface area contributed by atoms with Crippen LogP contribution in [0, 0.1) is 17.3 Å². The van der Waals surface area contributed by atoms with E-state index >= 15 is 0 Å². The van der Waals surface area contributed by atoms with E-state index in [-0.39, 0.29) is 38.0 Å². The van der Waals surface area contributed by atoms with Crippen molar-refractivity contribution in [2.24, 2.45) is 17.3 Å². The van der Waals surface area contributed by atoms with Crippen molar-refractivity contribution in [3.8, 4) is 0 Å². The van der Waals surface area contributed by atoms with Gasteiger partial charge in [-0.15, -0.1) is 0 Å². The van der Waals surface area contributed by atoms with Crippen LogP contribution >= 0.6 is 0 Å². The van der Waals surface area contributed by atoms with Crippen LogP contribution in [0.1, 0.15) is 32.1 Å². The van der Waals surface area contributed by atoms with E-state index in [4.69, 9.17) is 0 Å². The SMILES string of the molecule is FC(F)(F)C1CC2CCC1(C(F)(F)F)CC2. The van der Waals surface area contributed by atoms with Crippen molar-refractivity contribution < 1.29 is 26.3 Å². The first-order chi connectivity index (χ1) is 7.17. The van der Waals surface area contributed by atoms with E-state index < -0.39 is 23.7 Å². The minimum atomic E-state index is -4.74. The Balaban J connectivity index is 2.37. The molecule has 0 spiro atoms. The Morgan fingerprint density at radius 1 is 0.875 bits per heavy atom. The number of fused-ring (bicyclic) bond motifs is 3. The molecule has 1 atom stereocenters. The lowest BCUT2D eigenvalue weighted by molar-refractivity contribution is -0.326. The highest BCUT2D eigenvalue weighted by atomic mass is 19.4. The van der Waals surface area contributed by atoms with E-state index in [9.17, 15) is 26.3 Å². The standard InChI is InChI=1S/C10H12F6/c11-9(12,13)7-5-6-1-3-8(7,4-2-6)10(14,15)16/h6-7H,1-5H2. The number of hydrogen-bond donors (Lipinski definition) is 0. The molecule has 0 aromatic carbocycles. The molecule has 0 saturated heterocycles. The summed E-state index contributed by atoms with van der Waals surface area (Å²) in [5.41, 5.74) is -2.50. The summed E-state index contributed by atoms with van der Waals surface area (Å²) in [5, 5.41) is 0. The molecule has 3 saturated carbocycles. The van der Waals surface area contributed by atoms with Crippen molar-refractivity contribution in [1.82, 2.24) is 0 Å². The van der Waals surface area contributed by atoms with E-state index in [0.717, 1.165) is 0 Å². The van der Waals surface area contributed by atoms with Crippen LogP contribution in [-0.4, -0.2) is 12.4 Å². The molecular formula is C10H12F6. The summed E-state index contributed by atoms with van der Waals surface area (Å²) in [5.74, 6) is -2.36. The Hall–Kier alpha value is -0.420. The summed E-state index contributed by atoms with van der Waals surface area (Å²) in [6.45, 7) is 0. The predicted molar refractivity (Wildman–Crippen MR) is 44.6 cm³/mol. The minimum absolute atomic E-state index is 0.171. The summed E-state index contributed by atoms with van der Waals surface area (Å²) < 4.78 is 76.7. The maximum atomic E-state index is 12.9. The summed E-state index contributed by atoms with van der Waals surface area (Å²) in [6.07, 6.45) is -9.95. The van der Waals surface area contributed by atoms with Crippen LogP contribution < -0.4 is 0 Å². The molecule has 3 aliphatic rings. The zero-order valence-corrected chi connectivity index (χ0v) is 8.46. The van der Waals surface area contributed by atoms with Gasteiger partial charge in [-0.25, -0.2) is 0 Å². The highest BCUT2D eigenvalue weighted by molar-refractivity contribution is 5.03. The average molecular weight is 246 g/mol. The Morgan fingerprint density at radius 2 is 1.38 bits per heavy atom. The number of hydrogen-bond acceptors (Lipinski definition) is 0. The Bertz CT molecular complexity index is 268. The number of rotatable bonds is 0. The maximum absolute atomic E-state index is 12.9. The van der Waals surface area contributed by atoms with Crippen molar-refractivity contribution >= 4 is 0 Å². The lowest BCUT2D eigenvalue weighted by Gasteiger charge is -2.52. The second-order valence-electron chi connectivity index (χ2n) is 4.93. The van der Waals surface area contributed by atoms with Crippen LogP contribution in [-0.2, 0) is 0 Å². The molecule has 3 aliphatic carbocycles. The van der Waals surface area contributed by atoms with Gasteiger partial charge in [-0.3, -0.25) is 0 Å². The molecule has 3 rings (SSSR count). The molecule has 0 amide bonds. The van der Waals surface area contributed by atoms with Gasteiger partial charge < -0.3 is 0 Å². The summed E-state index contributed by atoms with van der Waals surface area (Å²) in [4.78, 5) is 0. The van der Waals surface area contributed by atoms with Crippen molar-refractivity contribution in [3.05, 3.63) is 0 Å². The highest BCUT2D eigenvalue weighted by Gasteiger charge is 2.69. The quantitative estimate of drug-likeness (QED) is 0.559. The maximum Gasteiger partial charge on any atom is 0.395 e. The fourth-order valence-corrected chi connectivity index (χ4v) is 3.26. The van der Waals surface area contributed by atoms with E-state index in [0.29, 0.717) is 0 Å². The van der Waals surface area contributed by atoms with Crippen molar-refractivity contribution in [2.75, 3.05) is 0 Å². The van der Waals surface area contributed by atoms with Gasteiger partial charge in [0.1, 0.15) is 0 Å². The molecular weight excluding hydrogens is 234 g/mol. The largest absolute Gasteiger partial charge is 0.395 e. The molecule has 0 heterocycles. The van der Waals surface area contributed by atoms with Gasteiger partial charge in [0, 0.05) is 0 Å². The third kappa shape index (κ3) is 1.61. The molecule has 0 aliphatic heterocycles. The molecule has 94 valence electrons. The van der Waals surface area contributed by atoms with Crippen molar-refractivity contribution in [3.63, 3.8) is 0 Å². The second-order valence-corrected chi connectivity index (χ2v) is 4.93. The second kappa shape index (κ2) is 3.29. The van der Waals surface area contributed by atoms with Crippen LogP contribution in [0.4, 0.5) is 26.3 Å². The number of halogens is 6. The highest BCUT2D eigenvalue weighted by Crippen LogP contribution is 2.64. The lowest BCUT2D eigenvalue weighted by atomic mass is 9.54. The molecule has 2 bridgehead atoms. The van der Waals surface area contributed by atoms with Gasteiger partial charge in [0.05, 0.1) is 11.3 Å². The molecule has 0 aromatic heterocycles. The first-order valence-corrected chi connectivity index (χ1v) is 5.30. The summed E-state index contributed by atoms with van der Waals surface area (Å²) in [7, 11) is 0.